The van der Waals surface area contributed by atoms with Crippen molar-refractivity contribution in [3.63, 3.8) is 0 Å². The highest BCUT2D eigenvalue weighted by Crippen LogP contribution is 2.21. The first-order valence-electron chi connectivity index (χ1n) is 10.3. The van der Waals surface area contributed by atoms with Crippen molar-refractivity contribution in [3.05, 3.63) is 84.2 Å². The van der Waals surface area contributed by atoms with Crippen LogP contribution in [0.5, 0.6) is 17.2 Å². The maximum absolute atomic E-state index is 5.91. The van der Waals surface area contributed by atoms with Gasteiger partial charge in [-0.2, -0.15) is 0 Å². The third-order valence-corrected chi connectivity index (χ3v) is 5.06. The molecule has 5 heteroatoms. The van der Waals surface area contributed by atoms with Gasteiger partial charge in [-0.1, -0.05) is 36.4 Å². The summed E-state index contributed by atoms with van der Waals surface area (Å²) in [7, 11) is 3.33. The molecule has 0 aliphatic rings. The SMILES string of the molecule is COc1ccc(/C=C/c2nc3ccccc3n2CCCOc2cccc(OC)c2)cc1. The van der Waals surface area contributed by atoms with Gasteiger partial charge in [0.1, 0.15) is 23.1 Å². The largest absolute Gasteiger partial charge is 0.497 e. The van der Waals surface area contributed by atoms with E-state index in [-0.39, 0.29) is 0 Å². The molecule has 0 fully saturated rings. The highest BCUT2D eigenvalue weighted by molar-refractivity contribution is 5.79. The van der Waals surface area contributed by atoms with E-state index < -0.39 is 0 Å². The third kappa shape index (κ3) is 5.07. The summed E-state index contributed by atoms with van der Waals surface area (Å²) in [5.74, 6) is 3.39. The van der Waals surface area contributed by atoms with Gasteiger partial charge < -0.3 is 18.8 Å². The first-order valence-corrected chi connectivity index (χ1v) is 10.3. The van der Waals surface area contributed by atoms with Crippen LogP contribution in [0.2, 0.25) is 0 Å². The van der Waals surface area contributed by atoms with E-state index in [1.54, 1.807) is 14.2 Å². The van der Waals surface area contributed by atoms with Gasteiger partial charge in [0, 0.05) is 12.6 Å². The molecule has 1 heterocycles. The number of benzene rings is 3. The van der Waals surface area contributed by atoms with Gasteiger partial charge in [0.15, 0.2) is 0 Å². The average molecular weight is 415 g/mol. The van der Waals surface area contributed by atoms with E-state index in [9.17, 15) is 0 Å². The van der Waals surface area contributed by atoms with Gasteiger partial charge in [-0.25, -0.2) is 4.98 Å². The van der Waals surface area contributed by atoms with Crippen molar-refractivity contribution in [2.24, 2.45) is 0 Å². The molecule has 0 atom stereocenters. The zero-order chi connectivity index (χ0) is 21.5. The van der Waals surface area contributed by atoms with Crippen molar-refractivity contribution < 1.29 is 14.2 Å². The van der Waals surface area contributed by atoms with Crippen molar-refractivity contribution in [1.82, 2.24) is 9.55 Å². The van der Waals surface area contributed by atoms with Gasteiger partial charge in [0.2, 0.25) is 0 Å². The Balaban J connectivity index is 1.47. The van der Waals surface area contributed by atoms with Crippen LogP contribution >= 0.6 is 0 Å². The highest BCUT2D eigenvalue weighted by atomic mass is 16.5. The number of imidazole rings is 1. The van der Waals surface area contributed by atoms with Gasteiger partial charge in [-0.3, -0.25) is 0 Å². The molecule has 1 aromatic heterocycles. The number of hydrogen-bond acceptors (Lipinski definition) is 4. The number of hydrogen-bond donors (Lipinski definition) is 0. The Morgan fingerprint density at radius 2 is 1.58 bits per heavy atom. The lowest BCUT2D eigenvalue weighted by Gasteiger charge is -2.10. The molecule has 0 amide bonds. The Bertz CT molecular complexity index is 1160. The van der Waals surface area contributed by atoms with E-state index >= 15 is 0 Å². The first kappa shape index (κ1) is 20.5. The average Bonchev–Trinajstić information content (AvgIpc) is 3.18. The third-order valence-electron chi connectivity index (χ3n) is 5.06. The molecule has 4 aromatic rings. The number of fused-ring (bicyclic) bond motifs is 1. The Morgan fingerprint density at radius 1 is 0.806 bits per heavy atom. The van der Waals surface area contributed by atoms with Crippen LogP contribution < -0.4 is 14.2 Å². The fourth-order valence-electron chi connectivity index (χ4n) is 3.45. The van der Waals surface area contributed by atoms with Gasteiger partial charge in [0.25, 0.3) is 0 Å². The van der Waals surface area contributed by atoms with Crippen molar-refractivity contribution in [3.8, 4) is 17.2 Å². The van der Waals surface area contributed by atoms with E-state index in [4.69, 9.17) is 19.2 Å². The maximum Gasteiger partial charge on any atom is 0.133 e. The quantitative estimate of drug-likeness (QED) is 0.330. The smallest absolute Gasteiger partial charge is 0.133 e. The number of nitrogens with zero attached hydrogens (tertiary/aromatic N) is 2. The van der Waals surface area contributed by atoms with Crippen LogP contribution in [0, 0.1) is 0 Å². The number of rotatable bonds is 9. The van der Waals surface area contributed by atoms with Crippen LogP contribution in [0.25, 0.3) is 23.2 Å². The topological polar surface area (TPSA) is 45.5 Å². The first-order chi connectivity index (χ1) is 15.3. The minimum atomic E-state index is 0.612. The molecule has 3 aromatic carbocycles. The zero-order valence-corrected chi connectivity index (χ0v) is 17.8. The molecule has 31 heavy (non-hydrogen) atoms. The van der Waals surface area contributed by atoms with E-state index in [0.717, 1.165) is 52.6 Å². The highest BCUT2D eigenvalue weighted by Gasteiger charge is 2.08. The predicted molar refractivity (Wildman–Crippen MR) is 125 cm³/mol. The molecule has 158 valence electrons. The van der Waals surface area contributed by atoms with Crippen LogP contribution in [0.4, 0.5) is 0 Å². The minimum Gasteiger partial charge on any atom is -0.497 e. The lowest BCUT2D eigenvalue weighted by atomic mass is 10.2. The molecule has 0 saturated heterocycles. The van der Waals surface area contributed by atoms with E-state index in [0.29, 0.717) is 6.61 Å². The molecule has 0 bridgehead atoms. The maximum atomic E-state index is 5.91. The second-order valence-electron chi connectivity index (χ2n) is 7.10. The number of aromatic nitrogens is 2. The van der Waals surface area contributed by atoms with Crippen molar-refractivity contribution in [1.29, 1.82) is 0 Å². The number of aryl methyl sites for hydroxylation is 1. The van der Waals surface area contributed by atoms with E-state index in [1.165, 1.54) is 0 Å². The standard InChI is InChI=1S/C26H26N2O3/c1-29-21-14-11-20(12-15-21)13-16-26-27-24-9-3-4-10-25(24)28(26)17-6-18-31-23-8-5-7-22(19-23)30-2/h3-5,7-16,19H,6,17-18H2,1-2H3/b16-13+. The normalized spacial score (nSPS) is 11.2. The van der Waals surface area contributed by atoms with Crippen LogP contribution in [-0.2, 0) is 6.54 Å². The van der Waals surface area contributed by atoms with Crippen LogP contribution in [-0.4, -0.2) is 30.4 Å². The summed E-state index contributed by atoms with van der Waals surface area (Å²) in [6.07, 6.45) is 5.00. The lowest BCUT2D eigenvalue weighted by Crippen LogP contribution is -2.06. The summed E-state index contributed by atoms with van der Waals surface area (Å²) in [4.78, 5) is 4.82. The second kappa shape index (κ2) is 9.85. The van der Waals surface area contributed by atoms with Gasteiger partial charge in [-0.05, 0) is 54.5 Å². The molecule has 0 N–H and O–H groups in total. The summed E-state index contributed by atoms with van der Waals surface area (Å²) in [6.45, 7) is 1.42. The Hall–Kier alpha value is -3.73. The predicted octanol–water partition coefficient (Wildman–Crippen LogP) is 5.69. The van der Waals surface area contributed by atoms with Gasteiger partial charge >= 0.3 is 0 Å². The molecule has 0 aliphatic heterocycles. The molecule has 0 radical (unpaired) electrons. The number of methoxy groups -OCH3 is 2. The van der Waals surface area contributed by atoms with Gasteiger partial charge in [-0.15, -0.1) is 0 Å². The summed E-state index contributed by atoms with van der Waals surface area (Å²) >= 11 is 0. The molecule has 4 rings (SSSR count). The van der Waals surface area contributed by atoms with Crippen molar-refractivity contribution in [2.75, 3.05) is 20.8 Å². The Labute approximate surface area is 182 Å². The fraction of sp³-hybridized carbons (Fsp3) is 0.192. The number of ether oxygens (including phenoxy) is 3. The van der Waals surface area contributed by atoms with Crippen molar-refractivity contribution >= 4 is 23.2 Å². The summed E-state index contributed by atoms with van der Waals surface area (Å²) in [5.41, 5.74) is 3.21. The van der Waals surface area contributed by atoms with Crippen molar-refractivity contribution in [2.45, 2.75) is 13.0 Å². The Kier molecular flexibility index (Phi) is 6.53. The molecule has 0 saturated carbocycles. The van der Waals surface area contributed by atoms with Crippen LogP contribution in [0.15, 0.2) is 72.8 Å². The second-order valence-corrected chi connectivity index (χ2v) is 7.10. The van der Waals surface area contributed by atoms with Crippen LogP contribution in [0.3, 0.4) is 0 Å². The molecule has 0 unspecified atom stereocenters. The molecule has 0 aliphatic carbocycles. The summed E-state index contributed by atoms with van der Waals surface area (Å²) in [6, 6.07) is 23.9. The van der Waals surface area contributed by atoms with Crippen LogP contribution in [0.1, 0.15) is 17.8 Å². The zero-order valence-electron chi connectivity index (χ0n) is 17.8. The summed E-state index contributed by atoms with van der Waals surface area (Å²) in [5, 5.41) is 0. The molecule has 0 spiro atoms. The van der Waals surface area contributed by atoms with E-state index in [1.807, 2.05) is 66.7 Å². The van der Waals surface area contributed by atoms with Gasteiger partial charge in [0.05, 0.1) is 31.9 Å². The minimum absolute atomic E-state index is 0.612. The number of para-hydroxylation sites is 2. The monoisotopic (exact) mass is 414 g/mol. The van der Waals surface area contributed by atoms with E-state index in [2.05, 4.69) is 22.8 Å². The molecular weight excluding hydrogens is 388 g/mol. The molecule has 5 nitrogen and oxygen atoms in total. The molecular formula is C26H26N2O3. The Morgan fingerprint density at radius 3 is 2.39 bits per heavy atom. The fourth-order valence-corrected chi connectivity index (χ4v) is 3.45. The lowest BCUT2D eigenvalue weighted by molar-refractivity contribution is 0.300. The summed E-state index contributed by atoms with van der Waals surface area (Å²) < 4.78 is 18.6.